The quantitative estimate of drug-likeness (QED) is 0.543. The van der Waals surface area contributed by atoms with Crippen LogP contribution in [-0.4, -0.2) is 28.0 Å². The van der Waals surface area contributed by atoms with Gasteiger partial charge in [-0.1, -0.05) is 40.2 Å². The number of amides is 1. The lowest BCUT2D eigenvalue weighted by Gasteiger charge is -2.26. The zero-order valence-corrected chi connectivity index (χ0v) is 18.4. The summed E-state index contributed by atoms with van der Waals surface area (Å²) >= 11 is 3.34. The summed E-state index contributed by atoms with van der Waals surface area (Å²) in [6.45, 7) is -0.208. The van der Waals surface area contributed by atoms with Crippen LogP contribution in [0.5, 0.6) is 0 Å². The Hall–Kier alpha value is -3.00. The predicted octanol–water partition coefficient (Wildman–Crippen LogP) is 3.29. The molecule has 3 aromatic rings. The average Bonchev–Trinajstić information content (AvgIpc) is 2.78. The van der Waals surface area contributed by atoms with Crippen LogP contribution in [0.1, 0.15) is 36.4 Å². The van der Waals surface area contributed by atoms with E-state index in [2.05, 4.69) is 32.3 Å². The number of benzene rings is 2. The lowest BCUT2D eigenvalue weighted by Crippen LogP contribution is -2.34. The predicted molar refractivity (Wildman–Crippen MR) is 120 cm³/mol. The van der Waals surface area contributed by atoms with Gasteiger partial charge in [-0.25, -0.2) is 4.98 Å². The Labute approximate surface area is 187 Å². The molecule has 7 nitrogen and oxygen atoms in total. The Morgan fingerprint density at radius 2 is 2.06 bits per heavy atom. The minimum absolute atomic E-state index is 0.0271. The molecule has 1 atom stereocenters. The van der Waals surface area contributed by atoms with Gasteiger partial charge in [0.1, 0.15) is 0 Å². The third kappa shape index (κ3) is 5.02. The summed E-state index contributed by atoms with van der Waals surface area (Å²) in [5, 5.41) is 3.42. The van der Waals surface area contributed by atoms with Crippen molar-refractivity contribution in [1.29, 1.82) is 0 Å². The van der Waals surface area contributed by atoms with Crippen molar-refractivity contribution in [3.8, 4) is 0 Å². The first-order valence-corrected chi connectivity index (χ1v) is 11.0. The number of carbonyl (C=O) groups is 2. The van der Waals surface area contributed by atoms with E-state index in [-0.39, 0.29) is 37.1 Å². The number of hydrogen-bond donors (Lipinski definition) is 1. The Balaban J connectivity index is 1.29. The van der Waals surface area contributed by atoms with Crippen LogP contribution >= 0.6 is 15.9 Å². The summed E-state index contributed by atoms with van der Waals surface area (Å²) in [5.74, 6) is -0.870. The molecular formula is C23H22BrN3O4. The molecule has 4 rings (SSSR count). The molecule has 1 unspecified atom stereocenters. The summed E-state index contributed by atoms with van der Waals surface area (Å²) in [6.07, 6.45) is 4.27. The van der Waals surface area contributed by atoms with E-state index in [0.717, 1.165) is 29.3 Å². The average molecular weight is 484 g/mol. The zero-order valence-electron chi connectivity index (χ0n) is 16.8. The van der Waals surface area contributed by atoms with E-state index in [4.69, 9.17) is 4.74 Å². The molecule has 8 heteroatoms. The maximum absolute atomic E-state index is 12.6. The molecule has 0 saturated heterocycles. The molecule has 0 bridgehead atoms. The van der Waals surface area contributed by atoms with Crippen LogP contribution in [-0.2, 0) is 27.3 Å². The molecule has 1 N–H and O–H groups in total. The Morgan fingerprint density at radius 1 is 1.23 bits per heavy atom. The van der Waals surface area contributed by atoms with Crippen LogP contribution < -0.4 is 10.9 Å². The number of nitrogens with zero attached hydrogens (tertiary/aromatic N) is 2. The Morgan fingerprint density at radius 3 is 2.94 bits per heavy atom. The van der Waals surface area contributed by atoms with Gasteiger partial charge in [0, 0.05) is 11.0 Å². The van der Waals surface area contributed by atoms with Crippen LogP contribution in [0, 0.1) is 0 Å². The topological polar surface area (TPSA) is 90.3 Å². The third-order valence-electron chi connectivity index (χ3n) is 5.41. The number of aromatic nitrogens is 2. The van der Waals surface area contributed by atoms with Crippen molar-refractivity contribution in [2.75, 3.05) is 6.61 Å². The summed E-state index contributed by atoms with van der Waals surface area (Å²) in [7, 11) is 0. The molecule has 31 heavy (non-hydrogen) atoms. The first-order valence-electron chi connectivity index (χ1n) is 10.2. The van der Waals surface area contributed by atoms with Crippen molar-refractivity contribution < 1.29 is 14.3 Å². The van der Waals surface area contributed by atoms with Gasteiger partial charge >= 0.3 is 5.97 Å². The summed E-state index contributed by atoms with van der Waals surface area (Å²) < 4.78 is 7.26. The van der Waals surface area contributed by atoms with Crippen LogP contribution in [0.4, 0.5) is 0 Å². The van der Waals surface area contributed by atoms with Gasteiger partial charge in [0.2, 0.25) is 0 Å². The summed E-state index contributed by atoms with van der Waals surface area (Å²) in [5.41, 5.74) is 2.74. The molecule has 1 aliphatic carbocycles. The molecule has 0 radical (unpaired) electrons. The largest absolute Gasteiger partial charge is 0.456 e. The number of rotatable bonds is 6. The van der Waals surface area contributed by atoms with E-state index in [1.807, 2.05) is 24.3 Å². The highest BCUT2D eigenvalue weighted by atomic mass is 79.9. The van der Waals surface area contributed by atoms with Gasteiger partial charge in [0.25, 0.3) is 11.5 Å². The fourth-order valence-electron chi connectivity index (χ4n) is 3.86. The summed E-state index contributed by atoms with van der Waals surface area (Å²) in [4.78, 5) is 41.2. The third-order valence-corrected chi connectivity index (χ3v) is 5.91. The molecule has 1 heterocycles. The molecule has 0 fully saturated rings. The van der Waals surface area contributed by atoms with Crippen molar-refractivity contribution in [2.24, 2.45) is 0 Å². The number of fused-ring (bicyclic) bond motifs is 2. The van der Waals surface area contributed by atoms with Gasteiger partial charge in [0.05, 0.1) is 29.7 Å². The van der Waals surface area contributed by atoms with Gasteiger partial charge in [-0.15, -0.1) is 0 Å². The molecule has 1 aliphatic rings. The van der Waals surface area contributed by atoms with Gasteiger partial charge < -0.3 is 10.1 Å². The fraction of sp³-hybridized carbons (Fsp3) is 0.304. The molecule has 1 amide bonds. The standard InChI is InChI=1S/C23H22BrN3O4/c24-16-8-9-19-18(12-16)23(30)27(14-25-19)11-10-22(29)31-13-21(28)26-20-7-3-5-15-4-1-2-6-17(15)20/h1-2,4,6,8-9,12,14,20H,3,5,7,10-11,13H2,(H,26,28). The van der Waals surface area contributed by atoms with E-state index < -0.39 is 5.97 Å². The molecule has 0 spiro atoms. The Kier molecular flexibility index (Phi) is 6.46. The van der Waals surface area contributed by atoms with Crippen LogP contribution in [0.15, 0.2) is 58.1 Å². The second kappa shape index (κ2) is 9.43. The highest BCUT2D eigenvalue weighted by Crippen LogP contribution is 2.29. The van der Waals surface area contributed by atoms with E-state index in [9.17, 15) is 14.4 Å². The van der Waals surface area contributed by atoms with Gasteiger partial charge in [-0.05, 0) is 48.6 Å². The smallest absolute Gasteiger partial charge is 0.308 e. The molecule has 1 aromatic heterocycles. The van der Waals surface area contributed by atoms with Crippen molar-refractivity contribution in [2.45, 2.75) is 38.3 Å². The lowest BCUT2D eigenvalue weighted by molar-refractivity contribution is -0.149. The van der Waals surface area contributed by atoms with Crippen LogP contribution in [0.3, 0.4) is 0 Å². The maximum atomic E-state index is 12.6. The van der Waals surface area contributed by atoms with E-state index in [1.165, 1.54) is 16.5 Å². The SMILES string of the molecule is O=C(COC(=O)CCn1cnc2ccc(Br)cc2c1=O)NC1CCCc2ccccc21. The Bertz CT molecular complexity index is 1190. The van der Waals surface area contributed by atoms with Gasteiger partial charge in [0.15, 0.2) is 6.61 Å². The maximum Gasteiger partial charge on any atom is 0.308 e. The van der Waals surface area contributed by atoms with Gasteiger partial charge in [-0.2, -0.15) is 0 Å². The minimum atomic E-state index is -0.541. The highest BCUT2D eigenvalue weighted by Gasteiger charge is 2.21. The molecular weight excluding hydrogens is 462 g/mol. The number of esters is 1. The van der Waals surface area contributed by atoms with Crippen molar-refractivity contribution in [1.82, 2.24) is 14.9 Å². The van der Waals surface area contributed by atoms with Crippen LogP contribution in [0.25, 0.3) is 10.9 Å². The van der Waals surface area contributed by atoms with E-state index >= 15 is 0 Å². The van der Waals surface area contributed by atoms with E-state index in [1.54, 1.807) is 12.1 Å². The number of nitrogens with one attached hydrogen (secondary N) is 1. The second-order valence-corrected chi connectivity index (χ2v) is 8.44. The molecule has 160 valence electrons. The zero-order chi connectivity index (χ0) is 21.8. The number of carbonyl (C=O) groups excluding carboxylic acids is 2. The number of ether oxygens (including phenoxy) is 1. The van der Waals surface area contributed by atoms with Crippen molar-refractivity contribution >= 4 is 38.7 Å². The van der Waals surface area contributed by atoms with E-state index in [0.29, 0.717) is 10.9 Å². The molecule has 0 aliphatic heterocycles. The number of aryl methyl sites for hydroxylation is 2. The first kappa shape index (κ1) is 21.2. The number of hydrogen-bond acceptors (Lipinski definition) is 5. The second-order valence-electron chi connectivity index (χ2n) is 7.53. The molecule has 2 aromatic carbocycles. The van der Waals surface area contributed by atoms with Crippen LogP contribution in [0.2, 0.25) is 0 Å². The lowest BCUT2D eigenvalue weighted by atomic mass is 9.88. The summed E-state index contributed by atoms with van der Waals surface area (Å²) in [6, 6.07) is 13.3. The fourth-order valence-corrected chi connectivity index (χ4v) is 4.22. The first-order chi connectivity index (χ1) is 15.0. The highest BCUT2D eigenvalue weighted by molar-refractivity contribution is 9.10. The monoisotopic (exact) mass is 483 g/mol. The normalized spacial score (nSPS) is 15.3. The minimum Gasteiger partial charge on any atom is -0.456 e. The number of halogens is 1. The van der Waals surface area contributed by atoms with Crippen molar-refractivity contribution in [3.05, 3.63) is 74.7 Å². The van der Waals surface area contributed by atoms with Gasteiger partial charge in [-0.3, -0.25) is 19.0 Å². The molecule has 0 saturated carbocycles. The van der Waals surface area contributed by atoms with Crippen molar-refractivity contribution in [3.63, 3.8) is 0 Å².